The summed E-state index contributed by atoms with van der Waals surface area (Å²) in [5.41, 5.74) is 7.27. The van der Waals surface area contributed by atoms with E-state index in [4.69, 9.17) is 15.2 Å². The highest BCUT2D eigenvalue weighted by molar-refractivity contribution is 6.21. The SMILES string of the molecule is COc1ccc(CN2C(=O)c3ccccc3C2=O)cc1C(=O)N(CCC(N)=O)c1ccccc1OC. The highest BCUT2D eigenvalue weighted by Gasteiger charge is 2.35. The van der Waals surface area contributed by atoms with E-state index >= 15 is 0 Å². The number of hydrogen-bond donors (Lipinski definition) is 1. The third kappa shape index (κ3) is 4.63. The predicted molar refractivity (Wildman–Crippen MR) is 132 cm³/mol. The first-order valence-electron chi connectivity index (χ1n) is 11.2. The highest BCUT2D eigenvalue weighted by atomic mass is 16.5. The molecule has 3 aromatic rings. The first-order chi connectivity index (χ1) is 17.3. The Balaban J connectivity index is 1.69. The molecule has 0 radical (unpaired) electrons. The molecule has 1 aliphatic rings. The van der Waals surface area contributed by atoms with Gasteiger partial charge in [-0.05, 0) is 42.0 Å². The lowest BCUT2D eigenvalue weighted by Gasteiger charge is -2.25. The fraction of sp³-hybridized carbons (Fsp3) is 0.185. The molecule has 0 atom stereocenters. The van der Waals surface area contributed by atoms with Crippen molar-refractivity contribution in [2.45, 2.75) is 13.0 Å². The summed E-state index contributed by atoms with van der Waals surface area (Å²) < 4.78 is 10.9. The first-order valence-corrected chi connectivity index (χ1v) is 11.2. The van der Waals surface area contributed by atoms with Crippen molar-refractivity contribution in [2.75, 3.05) is 25.7 Å². The van der Waals surface area contributed by atoms with Crippen LogP contribution in [0.4, 0.5) is 5.69 Å². The standard InChI is InChI=1S/C27H25N3O6/c1-35-22-12-11-17(16-30-25(32)18-7-3-4-8-19(18)26(30)33)15-20(22)27(34)29(14-13-24(28)31)21-9-5-6-10-23(21)36-2/h3-12,15H,13-14,16H2,1-2H3,(H2,28,31). The third-order valence-electron chi connectivity index (χ3n) is 5.92. The van der Waals surface area contributed by atoms with Crippen LogP contribution in [0.2, 0.25) is 0 Å². The normalized spacial score (nSPS) is 12.3. The van der Waals surface area contributed by atoms with Crippen LogP contribution < -0.4 is 20.1 Å². The van der Waals surface area contributed by atoms with Gasteiger partial charge in [-0.25, -0.2) is 0 Å². The largest absolute Gasteiger partial charge is 0.496 e. The number of methoxy groups -OCH3 is 2. The van der Waals surface area contributed by atoms with Gasteiger partial charge in [0.1, 0.15) is 11.5 Å². The lowest BCUT2D eigenvalue weighted by Crippen LogP contribution is -2.35. The summed E-state index contributed by atoms with van der Waals surface area (Å²) in [7, 11) is 2.92. The fourth-order valence-corrected chi connectivity index (χ4v) is 4.14. The second kappa shape index (κ2) is 10.3. The van der Waals surface area contributed by atoms with Gasteiger partial charge in [-0.2, -0.15) is 0 Å². The van der Waals surface area contributed by atoms with Crippen LogP contribution in [-0.4, -0.2) is 49.3 Å². The predicted octanol–water partition coefficient (Wildman–Crippen LogP) is 3.02. The van der Waals surface area contributed by atoms with E-state index < -0.39 is 23.6 Å². The second-order valence-corrected chi connectivity index (χ2v) is 8.12. The van der Waals surface area contributed by atoms with Gasteiger partial charge in [0.15, 0.2) is 0 Å². The van der Waals surface area contributed by atoms with E-state index in [1.165, 1.54) is 19.1 Å². The molecule has 0 aliphatic carbocycles. The summed E-state index contributed by atoms with van der Waals surface area (Å²) in [5.74, 6) is -1.06. The van der Waals surface area contributed by atoms with E-state index in [-0.39, 0.29) is 25.1 Å². The molecular weight excluding hydrogens is 462 g/mol. The van der Waals surface area contributed by atoms with E-state index in [2.05, 4.69) is 0 Å². The second-order valence-electron chi connectivity index (χ2n) is 8.12. The van der Waals surface area contributed by atoms with Crippen LogP contribution in [0, 0.1) is 0 Å². The molecule has 4 amide bonds. The molecule has 1 heterocycles. The highest BCUT2D eigenvalue weighted by Crippen LogP contribution is 2.32. The molecule has 9 nitrogen and oxygen atoms in total. The summed E-state index contributed by atoms with van der Waals surface area (Å²) in [6.45, 7) is -0.00705. The van der Waals surface area contributed by atoms with Gasteiger partial charge in [0.2, 0.25) is 5.91 Å². The maximum absolute atomic E-state index is 13.8. The lowest BCUT2D eigenvalue weighted by atomic mass is 10.1. The van der Waals surface area contributed by atoms with Crippen LogP contribution in [0.5, 0.6) is 11.5 Å². The van der Waals surface area contributed by atoms with Crippen molar-refractivity contribution < 1.29 is 28.7 Å². The molecule has 3 aromatic carbocycles. The number of para-hydroxylation sites is 2. The topological polar surface area (TPSA) is 119 Å². The van der Waals surface area contributed by atoms with Crippen molar-refractivity contribution in [1.29, 1.82) is 0 Å². The zero-order chi connectivity index (χ0) is 25.8. The minimum Gasteiger partial charge on any atom is -0.496 e. The Bertz CT molecular complexity index is 1320. The van der Waals surface area contributed by atoms with Gasteiger partial charge in [0.05, 0.1) is 43.1 Å². The molecule has 36 heavy (non-hydrogen) atoms. The molecule has 0 fully saturated rings. The van der Waals surface area contributed by atoms with Gasteiger partial charge in [-0.1, -0.05) is 30.3 Å². The molecule has 1 aliphatic heterocycles. The number of carbonyl (C=O) groups is 4. The van der Waals surface area contributed by atoms with E-state index in [0.717, 1.165) is 4.90 Å². The number of carbonyl (C=O) groups excluding carboxylic acids is 4. The molecule has 184 valence electrons. The van der Waals surface area contributed by atoms with Gasteiger partial charge in [0, 0.05) is 13.0 Å². The van der Waals surface area contributed by atoms with Crippen molar-refractivity contribution in [1.82, 2.24) is 4.90 Å². The van der Waals surface area contributed by atoms with Gasteiger partial charge in [-0.15, -0.1) is 0 Å². The van der Waals surface area contributed by atoms with Gasteiger partial charge in [0.25, 0.3) is 17.7 Å². The summed E-state index contributed by atoms with van der Waals surface area (Å²) in [5, 5.41) is 0. The van der Waals surface area contributed by atoms with Crippen LogP contribution in [0.25, 0.3) is 0 Å². The Morgan fingerprint density at radius 1 is 0.861 bits per heavy atom. The third-order valence-corrected chi connectivity index (χ3v) is 5.92. The van der Waals surface area contributed by atoms with Crippen molar-refractivity contribution in [3.63, 3.8) is 0 Å². The molecule has 0 bridgehead atoms. The smallest absolute Gasteiger partial charge is 0.262 e. The monoisotopic (exact) mass is 487 g/mol. The van der Waals surface area contributed by atoms with Crippen LogP contribution in [0.15, 0.2) is 66.7 Å². The summed E-state index contributed by atoms with van der Waals surface area (Å²) in [4.78, 5) is 53.5. The van der Waals surface area contributed by atoms with Crippen molar-refractivity contribution in [3.8, 4) is 11.5 Å². The number of imide groups is 1. The minimum atomic E-state index is -0.561. The van der Waals surface area contributed by atoms with Gasteiger partial charge in [-0.3, -0.25) is 24.1 Å². The molecule has 0 aromatic heterocycles. The molecule has 0 saturated heterocycles. The Morgan fingerprint density at radius 2 is 1.47 bits per heavy atom. The van der Waals surface area contributed by atoms with E-state index in [1.807, 2.05) is 0 Å². The van der Waals surface area contributed by atoms with Crippen molar-refractivity contribution >= 4 is 29.3 Å². The number of benzene rings is 3. The Kier molecular flexibility index (Phi) is 7.00. The molecule has 2 N–H and O–H groups in total. The van der Waals surface area contributed by atoms with Crippen LogP contribution >= 0.6 is 0 Å². The number of rotatable bonds is 9. The quantitative estimate of drug-likeness (QED) is 0.464. The van der Waals surface area contributed by atoms with Crippen molar-refractivity contribution in [3.05, 3.63) is 89.0 Å². The molecule has 0 saturated carbocycles. The number of fused-ring (bicyclic) bond motifs is 1. The first kappa shape index (κ1) is 24.5. The zero-order valence-corrected chi connectivity index (χ0v) is 19.9. The maximum Gasteiger partial charge on any atom is 0.262 e. The number of amides is 4. The van der Waals surface area contributed by atoms with Gasteiger partial charge < -0.3 is 20.1 Å². The Labute approximate surface area is 208 Å². The molecule has 0 unspecified atom stereocenters. The molecular formula is C27H25N3O6. The molecule has 9 heteroatoms. The number of nitrogens with zero attached hydrogens (tertiary/aromatic N) is 2. The van der Waals surface area contributed by atoms with Gasteiger partial charge >= 0.3 is 0 Å². The zero-order valence-electron chi connectivity index (χ0n) is 19.9. The van der Waals surface area contributed by atoms with E-state index in [1.54, 1.807) is 66.7 Å². The minimum absolute atomic E-state index is 0.0142. The number of anilines is 1. The fourth-order valence-electron chi connectivity index (χ4n) is 4.14. The van der Waals surface area contributed by atoms with E-state index in [9.17, 15) is 19.2 Å². The number of hydrogen-bond acceptors (Lipinski definition) is 6. The summed E-state index contributed by atoms with van der Waals surface area (Å²) in [6.07, 6.45) is -0.0686. The molecule has 4 rings (SSSR count). The molecule has 0 spiro atoms. The van der Waals surface area contributed by atoms with Crippen LogP contribution in [0.3, 0.4) is 0 Å². The Hall–Kier alpha value is -4.66. The average Bonchev–Trinajstić information content (AvgIpc) is 3.13. The summed E-state index contributed by atoms with van der Waals surface area (Å²) in [6, 6.07) is 18.4. The van der Waals surface area contributed by atoms with Crippen LogP contribution in [0.1, 0.15) is 43.1 Å². The number of ether oxygens (including phenoxy) is 2. The number of nitrogens with two attached hydrogens (primary N) is 1. The van der Waals surface area contributed by atoms with E-state index in [0.29, 0.717) is 33.9 Å². The average molecular weight is 488 g/mol. The number of primary amides is 1. The lowest BCUT2D eigenvalue weighted by molar-refractivity contribution is -0.117. The summed E-state index contributed by atoms with van der Waals surface area (Å²) >= 11 is 0. The van der Waals surface area contributed by atoms with Crippen LogP contribution in [-0.2, 0) is 11.3 Å². The Morgan fingerprint density at radius 3 is 2.08 bits per heavy atom. The maximum atomic E-state index is 13.8. The van der Waals surface area contributed by atoms with Crippen molar-refractivity contribution in [2.24, 2.45) is 5.73 Å².